The predicted molar refractivity (Wildman–Crippen MR) is 95.9 cm³/mol. The molecule has 25 heavy (non-hydrogen) atoms. The topological polar surface area (TPSA) is 75.0 Å². The Bertz CT molecular complexity index is 775. The van der Waals surface area contributed by atoms with Crippen molar-refractivity contribution in [2.75, 3.05) is 18.0 Å². The molecule has 0 bridgehead atoms. The Morgan fingerprint density at radius 1 is 0.840 bits per heavy atom. The first kappa shape index (κ1) is 15.7. The van der Waals surface area contributed by atoms with Crippen molar-refractivity contribution < 1.29 is 5.11 Å². The van der Waals surface area contributed by atoms with Crippen molar-refractivity contribution in [3.63, 3.8) is 0 Å². The van der Waals surface area contributed by atoms with E-state index in [0.29, 0.717) is 5.82 Å². The molecule has 4 rings (SSSR count). The molecule has 0 amide bonds. The van der Waals surface area contributed by atoms with E-state index in [0.717, 1.165) is 48.6 Å². The van der Waals surface area contributed by atoms with Crippen LogP contribution in [0.3, 0.4) is 0 Å². The smallest absolute Gasteiger partial charge is 0.162 e. The summed E-state index contributed by atoms with van der Waals surface area (Å²) in [5.74, 6) is 1.57. The zero-order valence-electron chi connectivity index (χ0n) is 13.8. The molecule has 0 atom stereocenters. The summed E-state index contributed by atoms with van der Waals surface area (Å²) in [7, 11) is 0. The van der Waals surface area contributed by atoms with Crippen LogP contribution in [0.25, 0.3) is 22.6 Å². The summed E-state index contributed by atoms with van der Waals surface area (Å²) in [5, 5.41) is 9.77. The molecule has 1 N–H and O–H groups in total. The lowest BCUT2D eigenvalue weighted by Gasteiger charge is -2.30. The van der Waals surface area contributed by atoms with Crippen molar-refractivity contribution in [2.24, 2.45) is 0 Å². The van der Waals surface area contributed by atoms with Gasteiger partial charge in [-0.25, -0.2) is 9.97 Å². The Balaban J connectivity index is 1.78. The highest BCUT2D eigenvalue weighted by atomic mass is 16.3. The van der Waals surface area contributed by atoms with Gasteiger partial charge in [-0.05, 0) is 37.1 Å². The lowest BCUT2D eigenvalue weighted by Crippen LogP contribution is -2.36. The Kier molecular flexibility index (Phi) is 4.35. The maximum absolute atomic E-state index is 9.77. The fraction of sp³-hybridized carbons (Fsp3) is 0.263. The first-order valence-electron chi connectivity index (χ1n) is 8.42. The number of hydrogen-bond donors (Lipinski definition) is 1. The van der Waals surface area contributed by atoms with Gasteiger partial charge in [0.1, 0.15) is 5.82 Å². The third-order valence-electron chi connectivity index (χ3n) is 4.42. The highest BCUT2D eigenvalue weighted by Gasteiger charge is 2.20. The van der Waals surface area contributed by atoms with Crippen LogP contribution in [-0.2, 0) is 0 Å². The van der Waals surface area contributed by atoms with E-state index < -0.39 is 0 Å². The van der Waals surface area contributed by atoms with Crippen LogP contribution in [0.1, 0.15) is 12.8 Å². The lowest BCUT2D eigenvalue weighted by atomic mass is 10.1. The van der Waals surface area contributed by atoms with E-state index in [4.69, 9.17) is 9.97 Å². The SMILES string of the molecule is OC1CCN(c2cc(-c3ccncc3)nc(-c3ccncc3)n2)CC1. The van der Waals surface area contributed by atoms with Crippen LogP contribution in [0.2, 0.25) is 0 Å². The van der Waals surface area contributed by atoms with Gasteiger partial charge in [0, 0.05) is 55.1 Å². The number of aliphatic hydroxyl groups excluding tert-OH is 1. The summed E-state index contributed by atoms with van der Waals surface area (Å²) in [5.41, 5.74) is 2.81. The van der Waals surface area contributed by atoms with Crippen LogP contribution in [0.4, 0.5) is 5.82 Å². The van der Waals surface area contributed by atoms with E-state index in [-0.39, 0.29) is 6.10 Å². The number of aliphatic hydroxyl groups is 1. The normalized spacial score (nSPS) is 15.3. The molecule has 1 aliphatic rings. The minimum atomic E-state index is -0.211. The van der Waals surface area contributed by atoms with Gasteiger partial charge in [-0.1, -0.05) is 0 Å². The molecule has 6 nitrogen and oxygen atoms in total. The van der Waals surface area contributed by atoms with E-state index in [1.807, 2.05) is 30.3 Å². The van der Waals surface area contributed by atoms with Crippen LogP contribution < -0.4 is 4.90 Å². The molecule has 0 radical (unpaired) electrons. The lowest BCUT2D eigenvalue weighted by molar-refractivity contribution is 0.145. The number of nitrogens with zero attached hydrogens (tertiary/aromatic N) is 5. The summed E-state index contributed by atoms with van der Waals surface area (Å²) < 4.78 is 0. The van der Waals surface area contributed by atoms with Crippen molar-refractivity contribution in [3.8, 4) is 22.6 Å². The fourth-order valence-electron chi connectivity index (χ4n) is 2.99. The number of anilines is 1. The second-order valence-corrected chi connectivity index (χ2v) is 6.12. The Morgan fingerprint density at radius 2 is 1.44 bits per heavy atom. The quantitative estimate of drug-likeness (QED) is 0.794. The molecular weight excluding hydrogens is 314 g/mol. The Hall–Kier alpha value is -2.86. The van der Waals surface area contributed by atoms with E-state index in [1.165, 1.54) is 0 Å². The molecule has 0 spiro atoms. The maximum atomic E-state index is 9.77. The van der Waals surface area contributed by atoms with Gasteiger partial charge in [-0.3, -0.25) is 9.97 Å². The fourth-order valence-corrected chi connectivity index (χ4v) is 2.99. The Labute approximate surface area is 146 Å². The van der Waals surface area contributed by atoms with Gasteiger partial charge in [0.2, 0.25) is 0 Å². The van der Waals surface area contributed by atoms with Gasteiger partial charge in [0.15, 0.2) is 5.82 Å². The van der Waals surface area contributed by atoms with E-state index in [9.17, 15) is 5.11 Å². The molecule has 0 aromatic carbocycles. The van der Waals surface area contributed by atoms with Crippen LogP contribution >= 0.6 is 0 Å². The average Bonchev–Trinajstić information content (AvgIpc) is 2.69. The third kappa shape index (κ3) is 3.49. The largest absolute Gasteiger partial charge is 0.393 e. The molecule has 6 heteroatoms. The maximum Gasteiger partial charge on any atom is 0.162 e. The molecule has 0 unspecified atom stereocenters. The number of aromatic nitrogens is 4. The standard InChI is InChI=1S/C19H19N5O/c25-16-5-11-24(12-6-16)18-13-17(14-1-7-20-8-2-14)22-19(23-18)15-3-9-21-10-4-15/h1-4,7-10,13,16,25H,5-6,11-12H2. The molecule has 3 aromatic heterocycles. The third-order valence-corrected chi connectivity index (χ3v) is 4.42. The summed E-state index contributed by atoms with van der Waals surface area (Å²) in [6.45, 7) is 1.59. The average molecular weight is 333 g/mol. The summed E-state index contributed by atoms with van der Waals surface area (Å²) in [4.78, 5) is 19.9. The second-order valence-electron chi connectivity index (χ2n) is 6.12. The second kappa shape index (κ2) is 6.94. The van der Waals surface area contributed by atoms with Crippen molar-refractivity contribution in [1.82, 2.24) is 19.9 Å². The Morgan fingerprint density at radius 3 is 2.08 bits per heavy atom. The summed E-state index contributed by atoms with van der Waals surface area (Å²) >= 11 is 0. The van der Waals surface area contributed by atoms with Gasteiger partial charge in [0.25, 0.3) is 0 Å². The molecule has 0 saturated carbocycles. The minimum Gasteiger partial charge on any atom is -0.393 e. The first-order chi connectivity index (χ1) is 12.3. The zero-order chi connectivity index (χ0) is 17.1. The van der Waals surface area contributed by atoms with Crippen molar-refractivity contribution >= 4 is 5.82 Å². The van der Waals surface area contributed by atoms with E-state index in [1.54, 1.807) is 24.8 Å². The number of rotatable bonds is 3. The molecule has 1 aliphatic heterocycles. The molecule has 0 aliphatic carbocycles. The minimum absolute atomic E-state index is 0.211. The monoisotopic (exact) mass is 333 g/mol. The van der Waals surface area contributed by atoms with Crippen molar-refractivity contribution in [1.29, 1.82) is 0 Å². The first-order valence-corrected chi connectivity index (χ1v) is 8.42. The molecule has 4 heterocycles. The highest BCUT2D eigenvalue weighted by Crippen LogP contribution is 2.27. The van der Waals surface area contributed by atoms with Gasteiger partial charge in [-0.15, -0.1) is 0 Å². The molecule has 3 aromatic rings. The number of hydrogen-bond acceptors (Lipinski definition) is 6. The molecule has 1 fully saturated rings. The summed E-state index contributed by atoms with van der Waals surface area (Å²) in [6.07, 6.45) is 8.33. The van der Waals surface area contributed by atoms with Crippen molar-refractivity contribution in [3.05, 3.63) is 55.1 Å². The van der Waals surface area contributed by atoms with Gasteiger partial charge < -0.3 is 10.0 Å². The molecular formula is C19H19N5O. The van der Waals surface area contributed by atoms with Crippen LogP contribution in [-0.4, -0.2) is 44.2 Å². The predicted octanol–water partition coefficient (Wildman–Crippen LogP) is 2.56. The van der Waals surface area contributed by atoms with E-state index in [2.05, 4.69) is 14.9 Å². The number of piperidine rings is 1. The van der Waals surface area contributed by atoms with Gasteiger partial charge in [-0.2, -0.15) is 0 Å². The zero-order valence-corrected chi connectivity index (χ0v) is 13.8. The van der Waals surface area contributed by atoms with Crippen LogP contribution in [0.5, 0.6) is 0 Å². The van der Waals surface area contributed by atoms with Gasteiger partial charge in [0.05, 0.1) is 11.8 Å². The van der Waals surface area contributed by atoms with E-state index >= 15 is 0 Å². The van der Waals surface area contributed by atoms with Gasteiger partial charge >= 0.3 is 0 Å². The summed E-state index contributed by atoms with van der Waals surface area (Å²) in [6, 6.07) is 9.73. The molecule has 126 valence electrons. The van der Waals surface area contributed by atoms with Crippen molar-refractivity contribution in [2.45, 2.75) is 18.9 Å². The van der Waals surface area contributed by atoms with Crippen LogP contribution in [0, 0.1) is 0 Å². The highest BCUT2D eigenvalue weighted by molar-refractivity contribution is 5.67. The number of pyridine rings is 2. The molecule has 1 saturated heterocycles. The van der Waals surface area contributed by atoms with Crippen LogP contribution in [0.15, 0.2) is 55.1 Å².